The van der Waals surface area contributed by atoms with E-state index in [0.29, 0.717) is 42.5 Å². The molecule has 1 atom stereocenters. The summed E-state index contributed by atoms with van der Waals surface area (Å²) in [6.07, 6.45) is 1.79. The van der Waals surface area contributed by atoms with Gasteiger partial charge in [-0.15, -0.1) is 0 Å². The van der Waals surface area contributed by atoms with Gasteiger partial charge in [0.1, 0.15) is 6.10 Å². The maximum atomic E-state index is 12.8. The van der Waals surface area contributed by atoms with E-state index in [4.69, 9.17) is 4.74 Å². The van der Waals surface area contributed by atoms with Gasteiger partial charge in [-0.2, -0.15) is 13.2 Å². The number of ether oxygens (including phenoxy) is 1. The van der Waals surface area contributed by atoms with Crippen LogP contribution in [-0.2, 0) is 4.79 Å². The number of fused-ring (bicyclic) bond motifs is 1. The van der Waals surface area contributed by atoms with Gasteiger partial charge in [0.25, 0.3) is 0 Å². The van der Waals surface area contributed by atoms with E-state index >= 15 is 0 Å². The van der Waals surface area contributed by atoms with E-state index in [0.717, 1.165) is 18.4 Å². The molecular formula is C23H30F3N5O3. The van der Waals surface area contributed by atoms with Gasteiger partial charge in [0.05, 0.1) is 23.4 Å². The number of pyridine rings is 1. The first-order chi connectivity index (χ1) is 16.1. The van der Waals surface area contributed by atoms with Crippen molar-refractivity contribution in [3.8, 4) is 5.88 Å². The zero-order valence-corrected chi connectivity index (χ0v) is 19.2. The van der Waals surface area contributed by atoms with Crippen molar-refractivity contribution in [2.45, 2.75) is 95.2 Å². The molecule has 2 aliphatic rings. The number of halogens is 3. The monoisotopic (exact) mass is 481 g/mol. The van der Waals surface area contributed by atoms with Gasteiger partial charge in [0.15, 0.2) is 0 Å². The summed E-state index contributed by atoms with van der Waals surface area (Å²) in [7, 11) is 0. The molecule has 0 aliphatic heterocycles. The summed E-state index contributed by atoms with van der Waals surface area (Å²) in [6.45, 7) is 2.92. The molecule has 2 aromatic heterocycles. The number of carbonyl (C=O) groups excluding carboxylic acids is 1. The minimum absolute atomic E-state index is 0.0730. The Bertz CT molecular complexity index is 1020. The number of aromatic nitrogens is 3. The van der Waals surface area contributed by atoms with Crippen molar-refractivity contribution < 1.29 is 27.8 Å². The van der Waals surface area contributed by atoms with E-state index in [2.05, 4.69) is 25.6 Å². The highest BCUT2D eigenvalue weighted by molar-refractivity contribution is 5.86. The first-order valence-corrected chi connectivity index (χ1v) is 11.7. The van der Waals surface area contributed by atoms with Crippen LogP contribution < -0.4 is 15.4 Å². The van der Waals surface area contributed by atoms with Crippen molar-refractivity contribution >= 4 is 22.8 Å². The van der Waals surface area contributed by atoms with E-state index in [9.17, 15) is 23.1 Å². The van der Waals surface area contributed by atoms with Crippen molar-refractivity contribution in [3.05, 3.63) is 18.0 Å². The van der Waals surface area contributed by atoms with Crippen LogP contribution in [-0.4, -0.2) is 56.4 Å². The number of nitrogens with zero attached hydrogens (tertiary/aromatic N) is 3. The van der Waals surface area contributed by atoms with Crippen LogP contribution in [0.3, 0.4) is 0 Å². The largest absolute Gasteiger partial charge is 0.474 e. The van der Waals surface area contributed by atoms with E-state index in [-0.39, 0.29) is 36.0 Å². The Kier molecular flexibility index (Phi) is 7.11. The van der Waals surface area contributed by atoms with Gasteiger partial charge in [-0.1, -0.05) is 0 Å². The molecule has 0 aromatic carbocycles. The Hall–Kier alpha value is -2.69. The molecule has 0 bridgehead atoms. The molecular weight excluding hydrogens is 451 g/mol. The second kappa shape index (κ2) is 9.89. The SMILES string of the molecule is CC(=O)NC1CC(Oc2ncc(C3CCC(O)CC3)c3nc(N[C@@H](C)CC(F)(F)F)ncc23)C1. The number of alkyl halides is 3. The van der Waals surface area contributed by atoms with Crippen molar-refractivity contribution in [3.63, 3.8) is 0 Å². The third-order valence-corrected chi connectivity index (χ3v) is 6.44. The van der Waals surface area contributed by atoms with Gasteiger partial charge in [-0.05, 0) is 38.5 Å². The summed E-state index contributed by atoms with van der Waals surface area (Å²) in [4.78, 5) is 24.6. The van der Waals surface area contributed by atoms with E-state index in [1.807, 2.05) is 0 Å². The van der Waals surface area contributed by atoms with Crippen LogP contribution in [0.15, 0.2) is 12.4 Å². The van der Waals surface area contributed by atoms with Gasteiger partial charge >= 0.3 is 6.18 Å². The van der Waals surface area contributed by atoms with Crippen LogP contribution in [0.4, 0.5) is 19.1 Å². The molecule has 1 amide bonds. The number of aliphatic hydroxyl groups excluding tert-OH is 1. The number of anilines is 1. The first kappa shape index (κ1) is 24.4. The zero-order valence-electron chi connectivity index (χ0n) is 19.2. The lowest BCUT2D eigenvalue weighted by molar-refractivity contribution is -0.136. The summed E-state index contributed by atoms with van der Waals surface area (Å²) in [6, 6.07) is -0.812. The molecule has 4 rings (SSSR count). The maximum absolute atomic E-state index is 12.8. The second-order valence-corrected chi connectivity index (χ2v) is 9.45. The van der Waals surface area contributed by atoms with Crippen molar-refractivity contribution in [1.29, 1.82) is 0 Å². The fraction of sp³-hybridized carbons (Fsp3) is 0.652. The number of nitrogens with one attached hydrogen (secondary N) is 2. The van der Waals surface area contributed by atoms with Crippen LogP contribution in [0.5, 0.6) is 5.88 Å². The second-order valence-electron chi connectivity index (χ2n) is 9.45. The Morgan fingerprint density at radius 3 is 2.56 bits per heavy atom. The predicted molar refractivity (Wildman–Crippen MR) is 120 cm³/mol. The molecule has 2 fully saturated rings. The third kappa shape index (κ3) is 6.05. The Balaban J connectivity index is 1.59. The quantitative estimate of drug-likeness (QED) is 0.551. The first-order valence-electron chi connectivity index (χ1n) is 11.7. The van der Waals surface area contributed by atoms with Crippen LogP contribution in [0.1, 0.15) is 70.3 Å². The molecule has 186 valence electrons. The summed E-state index contributed by atoms with van der Waals surface area (Å²) >= 11 is 0. The molecule has 3 N–H and O–H groups in total. The van der Waals surface area contributed by atoms with Crippen LogP contribution >= 0.6 is 0 Å². The number of carbonyl (C=O) groups is 1. The number of rotatable bonds is 7. The molecule has 2 aliphatic carbocycles. The Morgan fingerprint density at radius 1 is 1.21 bits per heavy atom. The molecule has 2 saturated carbocycles. The lowest BCUT2D eigenvalue weighted by atomic mass is 9.82. The zero-order chi connectivity index (χ0) is 24.5. The van der Waals surface area contributed by atoms with Crippen molar-refractivity contribution in [2.24, 2.45) is 0 Å². The maximum Gasteiger partial charge on any atom is 0.391 e. The number of hydrogen-bond acceptors (Lipinski definition) is 7. The third-order valence-electron chi connectivity index (χ3n) is 6.44. The fourth-order valence-electron chi connectivity index (χ4n) is 4.71. The lowest BCUT2D eigenvalue weighted by Crippen LogP contribution is -2.48. The standard InChI is InChI=1S/C23H30F3N5O3/c1-12(9-23(24,25)26)29-22-28-11-19-20(31-22)18(14-3-5-16(33)6-4-14)10-27-21(19)34-17-7-15(8-17)30-13(2)32/h10-12,14-17,33H,3-9H2,1-2H3,(H,30,32)(H,28,29,31)/t12-,14?,15?,16?,17?/m0/s1. The minimum atomic E-state index is -4.29. The molecule has 2 aromatic rings. The van der Waals surface area contributed by atoms with Gasteiger partial charge in [0, 0.05) is 49.8 Å². The fourth-order valence-corrected chi connectivity index (χ4v) is 4.71. The molecule has 0 saturated heterocycles. The molecule has 2 heterocycles. The topological polar surface area (TPSA) is 109 Å². The normalized spacial score (nSPS) is 25.9. The van der Waals surface area contributed by atoms with E-state index < -0.39 is 18.6 Å². The molecule has 0 unspecified atom stereocenters. The van der Waals surface area contributed by atoms with Crippen LogP contribution in [0.25, 0.3) is 10.9 Å². The highest BCUT2D eigenvalue weighted by Gasteiger charge is 2.33. The number of hydrogen-bond donors (Lipinski definition) is 3. The summed E-state index contributed by atoms with van der Waals surface area (Å²) in [5.74, 6) is 0.543. The molecule has 0 radical (unpaired) electrons. The van der Waals surface area contributed by atoms with Crippen molar-refractivity contribution in [2.75, 3.05) is 5.32 Å². The average Bonchev–Trinajstić information content (AvgIpc) is 2.71. The van der Waals surface area contributed by atoms with Crippen molar-refractivity contribution in [1.82, 2.24) is 20.3 Å². The number of amides is 1. The van der Waals surface area contributed by atoms with Gasteiger partial charge < -0.3 is 20.5 Å². The molecule has 0 spiro atoms. The summed E-state index contributed by atoms with van der Waals surface area (Å²) in [5.41, 5.74) is 1.48. The smallest absolute Gasteiger partial charge is 0.391 e. The van der Waals surface area contributed by atoms with Gasteiger partial charge in [-0.25, -0.2) is 15.0 Å². The van der Waals surface area contributed by atoms with Gasteiger partial charge in [-0.3, -0.25) is 4.79 Å². The summed E-state index contributed by atoms with van der Waals surface area (Å²) in [5, 5.41) is 16.1. The summed E-state index contributed by atoms with van der Waals surface area (Å²) < 4.78 is 44.4. The highest BCUT2D eigenvalue weighted by atomic mass is 19.4. The Labute approximate surface area is 195 Å². The van der Waals surface area contributed by atoms with Gasteiger partial charge in [0.2, 0.25) is 17.7 Å². The van der Waals surface area contributed by atoms with E-state index in [1.165, 1.54) is 13.8 Å². The van der Waals surface area contributed by atoms with E-state index in [1.54, 1.807) is 12.4 Å². The molecule has 34 heavy (non-hydrogen) atoms. The molecule has 8 nitrogen and oxygen atoms in total. The predicted octanol–water partition coefficient (Wildman–Crippen LogP) is 3.84. The van der Waals surface area contributed by atoms with Crippen LogP contribution in [0.2, 0.25) is 0 Å². The average molecular weight is 482 g/mol. The van der Waals surface area contributed by atoms with Crippen LogP contribution in [0, 0.1) is 0 Å². The Morgan fingerprint density at radius 2 is 1.91 bits per heavy atom. The lowest BCUT2D eigenvalue weighted by Gasteiger charge is -2.35. The number of aliphatic hydroxyl groups is 1. The molecule has 11 heteroatoms. The minimum Gasteiger partial charge on any atom is -0.474 e. The highest BCUT2D eigenvalue weighted by Crippen LogP contribution is 2.38.